The Bertz CT molecular complexity index is 820. The van der Waals surface area contributed by atoms with Gasteiger partial charge in [-0.3, -0.25) is 4.79 Å². The second-order valence-corrected chi connectivity index (χ2v) is 6.65. The molecule has 0 aliphatic carbocycles. The van der Waals surface area contributed by atoms with Gasteiger partial charge in [0.05, 0.1) is 18.8 Å². The molecule has 5 nitrogen and oxygen atoms in total. The Morgan fingerprint density at radius 3 is 2.92 bits per heavy atom. The van der Waals surface area contributed by atoms with Crippen LogP contribution in [0.4, 0.5) is 0 Å². The number of benzene rings is 1. The fourth-order valence-electron chi connectivity index (χ4n) is 2.50. The Morgan fingerprint density at radius 1 is 1.38 bits per heavy atom. The van der Waals surface area contributed by atoms with Gasteiger partial charge in [0.15, 0.2) is 0 Å². The average molecular weight is 344 g/mol. The molecule has 24 heavy (non-hydrogen) atoms. The molecule has 126 valence electrons. The smallest absolute Gasteiger partial charge is 0.266 e. The van der Waals surface area contributed by atoms with Crippen molar-refractivity contribution >= 4 is 28.2 Å². The number of nitrogens with zero attached hydrogens (tertiary/aromatic N) is 2. The molecule has 0 N–H and O–H groups in total. The van der Waals surface area contributed by atoms with Crippen molar-refractivity contribution in [2.24, 2.45) is 0 Å². The van der Waals surface area contributed by atoms with Crippen molar-refractivity contribution in [1.29, 1.82) is 0 Å². The zero-order valence-electron chi connectivity index (χ0n) is 14.0. The van der Waals surface area contributed by atoms with Gasteiger partial charge in [-0.1, -0.05) is 18.2 Å². The molecule has 0 aliphatic rings. The molecule has 1 amide bonds. The third-order valence-corrected chi connectivity index (χ3v) is 4.80. The zero-order valence-corrected chi connectivity index (χ0v) is 14.9. The molecular formula is C18H20N2O3S. The maximum absolute atomic E-state index is 12.7. The summed E-state index contributed by atoms with van der Waals surface area (Å²) in [6, 6.07) is 9.80. The van der Waals surface area contributed by atoms with Crippen LogP contribution in [0, 0.1) is 6.92 Å². The Balaban J connectivity index is 1.73. The number of amides is 1. The van der Waals surface area contributed by atoms with Crippen molar-refractivity contribution in [1.82, 2.24) is 9.88 Å². The minimum atomic E-state index is -0.0480. The van der Waals surface area contributed by atoms with E-state index in [-0.39, 0.29) is 5.91 Å². The van der Waals surface area contributed by atoms with Crippen LogP contribution in [0.3, 0.4) is 0 Å². The lowest BCUT2D eigenvalue weighted by molar-refractivity contribution is 0.0780. The van der Waals surface area contributed by atoms with E-state index in [1.165, 1.54) is 11.3 Å². The molecule has 6 heteroatoms. The van der Waals surface area contributed by atoms with E-state index >= 15 is 0 Å². The molecule has 3 aromatic rings. The van der Waals surface area contributed by atoms with E-state index in [4.69, 9.17) is 9.15 Å². The summed E-state index contributed by atoms with van der Waals surface area (Å²) in [5.41, 5.74) is 1.58. The van der Waals surface area contributed by atoms with E-state index in [1.54, 1.807) is 11.9 Å². The van der Waals surface area contributed by atoms with Crippen molar-refractivity contribution in [2.75, 3.05) is 13.7 Å². The third-order valence-electron chi connectivity index (χ3n) is 3.68. The molecule has 0 radical (unpaired) electrons. The van der Waals surface area contributed by atoms with Gasteiger partial charge in [-0.15, -0.1) is 11.3 Å². The Hall–Kier alpha value is -2.18. The van der Waals surface area contributed by atoms with Crippen LogP contribution in [0.15, 0.2) is 34.7 Å². The van der Waals surface area contributed by atoms with Crippen LogP contribution in [-0.2, 0) is 17.9 Å². The van der Waals surface area contributed by atoms with Crippen LogP contribution >= 0.6 is 11.3 Å². The van der Waals surface area contributed by atoms with Crippen molar-refractivity contribution in [3.63, 3.8) is 0 Å². The second kappa shape index (κ2) is 7.15. The molecule has 0 fully saturated rings. The van der Waals surface area contributed by atoms with Gasteiger partial charge in [-0.05, 0) is 26.0 Å². The second-order valence-electron chi connectivity index (χ2n) is 5.57. The number of rotatable bonds is 6. The van der Waals surface area contributed by atoms with Gasteiger partial charge in [-0.25, -0.2) is 4.98 Å². The first-order valence-electron chi connectivity index (χ1n) is 7.85. The largest absolute Gasteiger partial charge is 0.459 e. The van der Waals surface area contributed by atoms with Gasteiger partial charge < -0.3 is 14.1 Å². The van der Waals surface area contributed by atoms with Crippen LogP contribution in [0.1, 0.15) is 33.1 Å². The van der Waals surface area contributed by atoms with E-state index in [1.807, 2.05) is 44.2 Å². The van der Waals surface area contributed by atoms with E-state index in [9.17, 15) is 4.79 Å². The molecule has 0 aliphatic heterocycles. The number of hydrogen-bond acceptors (Lipinski definition) is 5. The van der Waals surface area contributed by atoms with Crippen molar-refractivity contribution < 1.29 is 13.9 Å². The first-order chi connectivity index (χ1) is 11.6. The molecule has 0 saturated heterocycles. The first kappa shape index (κ1) is 16.7. The summed E-state index contributed by atoms with van der Waals surface area (Å²) < 4.78 is 11.2. The average Bonchev–Trinajstić information content (AvgIpc) is 3.14. The number of para-hydroxylation sites is 1. The van der Waals surface area contributed by atoms with Gasteiger partial charge in [0.2, 0.25) is 0 Å². The molecule has 2 aromatic heterocycles. The summed E-state index contributed by atoms with van der Waals surface area (Å²) in [5, 5.41) is 1.87. The van der Waals surface area contributed by atoms with Crippen LogP contribution in [0.5, 0.6) is 0 Å². The minimum absolute atomic E-state index is 0.0480. The number of carbonyl (C=O) groups excluding carboxylic acids is 1. The lowest BCUT2D eigenvalue weighted by atomic mass is 10.2. The van der Waals surface area contributed by atoms with E-state index in [0.29, 0.717) is 24.6 Å². The summed E-state index contributed by atoms with van der Waals surface area (Å²) in [5.74, 6) is 0.719. The zero-order chi connectivity index (χ0) is 17.1. The quantitative estimate of drug-likeness (QED) is 0.678. The third kappa shape index (κ3) is 3.49. The van der Waals surface area contributed by atoms with E-state index in [2.05, 4.69) is 4.98 Å². The number of thiazole rings is 1. The lowest BCUT2D eigenvalue weighted by Gasteiger charge is -2.14. The highest BCUT2D eigenvalue weighted by molar-refractivity contribution is 7.13. The molecule has 3 rings (SSSR count). The maximum Gasteiger partial charge on any atom is 0.266 e. The molecule has 2 heterocycles. The van der Waals surface area contributed by atoms with Gasteiger partial charge in [0, 0.05) is 19.0 Å². The number of furan rings is 1. The maximum atomic E-state index is 12.7. The highest BCUT2D eigenvalue weighted by atomic mass is 32.1. The van der Waals surface area contributed by atoms with Crippen molar-refractivity contribution in [2.45, 2.75) is 27.0 Å². The van der Waals surface area contributed by atoms with E-state index < -0.39 is 0 Å². The van der Waals surface area contributed by atoms with Crippen molar-refractivity contribution in [3.05, 3.63) is 51.7 Å². The highest BCUT2D eigenvalue weighted by Gasteiger charge is 2.20. The van der Waals surface area contributed by atoms with Gasteiger partial charge in [-0.2, -0.15) is 0 Å². The fourth-order valence-corrected chi connectivity index (χ4v) is 3.49. The summed E-state index contributed by atoms with van der Waals surface area (Å²) >= 11 is 1.39. The standard InChI is InChI=1S/C18H20N2O3S/c1-4-22-11-16-19-12(2)17(24-16)18(21)20(3)10-14-9-13-7-5-6-8-15(13)23-14/h5-9H,4,10-11H2,1-3H3. The van der Waals surface area contributed by atoms with Crippen LogP contribution in [-0.4, -0.2) is 29.4 Å². The lowest BCUT2D eigenvalue weighted by Crippen LogP contribution is -2.25. The number of ether oxygens (including phenoxy) is 1. The fraction of sp³-hybridized carbons (Fsp3) is 0.333. The summed E-state index contributed by atoms with van der Waals surface area (Å²) in [6.45, 7) is 5.30. The minimum Gasteiger partial charge on any atom is -0.459 e. The molecule has 0 unspecified atom stereocenters. The van der Waals surface area contributed by atoms with Gasteiger partial charge in [0.1, 0.15) is 21.2 Å². The van der Waals surface area contributed by atoms with Crippen molar-refractivity contribution in [3.8, 4) is 0 Å². The first-order valence-corrected chi connectivity index (χ1v) is 8.67. The molecular weight excluding hydrogens is 324 g/mol. The number of aryl methyl sites for hydroxylation is 1. The Labute approximate surface area is 144 Å². The van der Waals surface area contributed by atoms with Crippen LogP contribution in [0.2, 0.25) is 0 Å². The normalized spacial score (nSPS) is 11.1. The molecule has 0 bridgehead atoms. The monoisotopic (exact) mass is 344 g/mol. The highest BCUT2D eigenvalue weighted by Crippen LogP contribution is 2.23. The Kier molecular flexibility index (Phi) is 4.97. The predicted octanol–water partition coefficient (Wildman–Crippen LogP) is 4.01. The molecule has 0 spiro atoms. The number of carbonyl (C=O) groups is 1. The SMILES string of the molecule is CCOCc1nc(C)c(C(=O)N(C)Cc2cc3ccccc3o2)s1. The number of hydrogen-bond donors (Lipinski definition) is 0. The number of aromatic nitrogens is 1. The van der Waals surface area contributed by atoms with Crippen LogP contribution in [0.25, 0.3) is 11.0 Å². The molecule has 1 aromatic carbocycles. The van der Waals surface area contributed by atoms with Gasteiger partial charge >= 0.3 is 0 Å². The van der Waals surface area contributed by atoms with E-state index in [0.717, 1.165) is 27.4 Å². The summed E-state index contributed by atoms with van der Waals surface area (Å²) in [7, 11) is 1.77. The predicted molar refractivity (Wildman–Crippen MR) is 94.2 cm³/mol. The Morgan fingerprint density at radius 2 is 2.17 bits per heavy atom. The summed E-state index contributed by atoms with van der Waals surface area (Å²) in [4.78, 5) is 19.4. The van der Waals surface area contributed by atoms with Crippen LogP contribution < -0.4 is 0 Å². The molecule has 0 atom stereocenters. The summed E-state index contributed by atoms with van der Waals surface area (Å²) in [6.07, 6.45) is 0. The van der Waals surface area contributed by atoms with Gasteiger partial charge in [0.25, 0.3) is 5.91 Å². The number of fused-ring (bicyclic) bond motifs is 1. The molecule has 0 saturated carbocycles. The topological polar surface area (TPSA) is 55.6 Å².